The third-order valence-corrected chi connectivity index (χ3v) is 5.37. The highest BCUT2D eigenvalue weighted by atomic mass is 35.5. The second-order valence-corrected chi connectivity index (χ2v) is 7.75. The van der Waals surface area contributed by atoms with Crippen LogP contribution in [-0.2, 0) is 16.1 Å². The predicted molar refractivity (Wildman–Crippen MR) is 118 cm³/mol. The van der Waals surface area contributed by atoms with Crippen molar-refractivity contribution in [3.63, 3.8) is 0 Å². The Morgan fingerprint density at radius 1 is 1.00 bits per heavy atom. The van der Waals surface area contributed by atoms with E-state index < -0.39 is 5.97 Å². The molecule has 0 aromatic heterocycles. The van der Waals surface area contributed by atoms with Gasteiger partial charge >= 0.3 is 5.97 Å². The van der Waals surface area contributed by atoms with Gasteiger partial charge in [-0.05, 0) is 42.8 Å². The minimum Gasteiger partial charge on any atom is -0.489 e. The van der Waals surface area contributed by atoms with Crippen molar-refractivity contribution < 1.29 is 14.3 Å². The standard InChI is InChI=1S/C24H21ClO3S/c1-3-27-24(26)17(2)22-13-12-21(15-23(22)25)29-20-11-7-10-19(14-20)28-16-18-8-5-4-6-9-18/h4-15H,2-3,16H2,1H3. The van der Waals surface area contributed by atoms with Crippen LogP contribution in [0.3, 0.4) is 0 Å². The van der Waals surface area contributed by atoms with Crippen molar-refractivity contribution in [2.24, 2.45) is 0 Å². The minimum atomic E-state index is -0.460. The number of hydrogen-bond acceptors (Lipinski definition) is 4. The van der Waals surface area contributed by atoms with Gasteiger partial charge in [-0.1, -0.05) is 72.4 Å². The number of ether oxygens (including phenoxy) is 2. The molecule has 0 radical (unpaired) electrons. The molecule has 0 saturated heterocycles. The predicted octanol–water partition coefficient (Wildman–Crippen LogP) is 6.65. The van der Waals surface area contributed by atoms with Crippen molar-refractivity contribution in [2.75, 3.05) is 6.61 Å². The summed E-state index contributed by atoms with van der Waals surface area (Å²) in [4.78, 5) is 13.9. The Labute approximate surface area is 180 Å². The fourth-order valence-corrected chi connectivity index (χ4v) is 3.90. The molecule has 3 rings (SSSR count). The molecule has 3 aromatic rings. The SMILES string of the molecule is C=C(C(=O)OCC)c1ccc(Sc2cccc(OCc3ccccc3)c2)cc1Cl. The second kappa shape index (κ2) is 10.2. The summed E-state index contributed by atoms with van der Waals surface area (Å²) in [6, 6.07) is 23.5. The van der Waals surface area contributed by atoms with Crippen LogP contribution in [-0.4, -0.2) is 12.6 Å². The van der Waals surface area contributed by atoms with Gasteiger partial charge < -0.3 is 9.47 Å². The first-order valence-electron chi connectivity index (χ1n) is 9.17. The topological polar surface area (TPSA) is 35.5 Å². The normalized spacial score (nSPS) is 10.4. The molecule has 0 amide bonds. The summed E-state index contributed by atoms with van der Waals surface area (Å²) in [5.41, 5.74) is 1.95. The van der Waals surface area contributed by atoms with E-state index in [2.05, 4.69) is 6.58 Å². The summed E-state index contributed by atoms with van der Waals surface area (Å²) in [5.74, 6) is 0.343. The number of halogens is 1. The summed E-state index contributed by atoms with van der Waals surface area (Å²) >= 11 is 7.94. The summed E-state index contributed by atoms with van der Waals surface area (Å²) < 4.78 is 10.9. The zero-order valence-electron chi connectivity index (χ0n) is 16.1. The molecule has 0 aliphatic rings. The summed E-state index contributed by atoms with van der Waals surface area (Å²) in [5, 5.41) is 0.463. The van der Waals surface area contributed by atoms with E-state index in [-0.39, 0.29) is 5.57 Å². The van der Waals surface area contributed by atoms with Gasteiger partial charge in [0.25, 0.3) is 0 Å². The van der Waals surface area contributed by atoms with Crippen LogP contribution in [0.25, 0.3) is 5.57 Å². The van der Waals surface area contributed by atoms with Gasteiger partial charge in [-0.25, -0.2) is 4.79 Å². The molecule has 0 saturated carbocycles. The molecule has 0 unspecified atom stereocenters. The molecule has 0 heterocycles. The van der Waals surface area contributed by atoms with E-state index >= 15 is 0 Å². The van der Waals surface area contributed by atoms with Gasteiger partial charge in [0.05, 0.1) is 12.2 Å². The van der Waals surface area contributed by atoms with Crippen molar-refractivity contribution in [3.8, 4) is 5.75 Å². The van der Waals surface area contributed by atoms with Crippen molar-refractivity contribution in [3.05, 3.63) is 95.5 Å². The maximum atomic E-state index is 11.9. The highest BCUT2D eigenvalue weighted by Gasteiger charge is 2.14. The van der Waals surface area contributed by atoms with Crippen LogP contribution in [0.4, 0.5) is 0 Å². The molecule has 148 valence electrons. The third kappa shape index (κ3) is 5.89. The lowest BCUT2D eigenvalue weighted by Crippen LogP contribution is -2.06. The maximum Gasteiger partial charge on any atom is 0.338 e. The molecular formula is C24H21ClO3S. The van der Waals surface area contributed by atoms with Crippen molar-refractivity contribution in [1.29, 1.82) is 0 Å². The van der Waals surface area contributed by atoms with Gasteiger partial charge in [0, 0.05) is 20.4 Å². The molecule has 3 aromatic carbocycles. The lowest BCUT2D eigenvalue weighted by atomic mass is 10.1. The molecular weight excluding hydrogens is 404 g/mol. The Morgan fingerprint density at radius 3 is 2.48 bits per heavy atom. The Morgan fingerprint density at radius 2 is 1.76 bits per heavy atom. The molecule has 3 nitrogen and oxygen atoms in total. The van der Waals surface area contributed by atoms with Crippen molar-refractivity contribution >= 4 is 34.9 Å². The Balaban J connectivity index is 1.67. The molecule has 0 N–H and O–H groups in total. The van der Waals surface area contributed by atoms with E-state index in [1.165, 1.54) is 0 Å². The van der Waals surface area contributed by atoms with E-state index in [4.69, 9.17) is 21.1 Å². The van der Waals surface area contributed by atoms with E-state index in [1.807, 2.05) is 66.7 Å². The van der Waals surface area contributed by atoms with Crippen LogP contribution in [0.5, 0.6) is 5.75 Å². The number of benzene rings is 3. The zero-order valence-corrected chi connectivity index (χ0v) is 17.6. The van der Waals surface area contributed by atoms with Crippen molar-refractivity contribution in [1.82, 2.24) is 0 Å². The first-order valence-corrected chi connectivity index (χ1v) is 10.4. The van der Waals surface area contributed by atoms with Crippen LogP contribution >= 0.6 is 23.4 Å². The minimum absolute atomic E-state index is 0.254. The van der Waals surface area contributed by atoms with Crippen molar-refractivity contribution in [2.45, 2.75) is 23.3 Å². The molecule has 5 heteroatoms. The maximum absolute atomic E-state index is 11.9. The smallest absolute Gasteiger partial charge is 0.338 e. The van der Waals surface area contributed by atoms with Gasteiger partial charge in [-0.2, -0.15) is 0 Å². The largest absolute Gasteiger partial charge is 0.489 e. The summed E-state index contributed by atoms with van der Waals surface area (Å²) in [6.45, 7) is 6.36. The lowest BCUT2D eigenvalue weighted by Gasteiger charge is -2.10. The monoisotopic (exact) mass is 424 g/mol. The average Bonchev–Trinajstić information content (AvgIpc) is 2.73. The molecule has 0 fully saturated rings. The summed E-state index contributed by atoms with van der Waals surface area (Å²) in [7, 11) is 0. The van der Waals surface area contributed by atoms with Crippen LogP contribution in [0.1, 0.15) is 18.1 Å². The fraction of sp³-hybridized carbons (Fsp3) is 0.125. The van der Waals surface area contributed by atoms with Crippen LogP contribution < -0.4 is 4.74 Å². The molecule has 0 spiro atoms. The molecule has 0 aliphatic carbocycles. The second-order valence-electron chi connectivity index (χ2n) is 6.19. The van der Waals surface area contributed by atoms with Crippen LogP contribution in [0.15, 0.2) is 89.2 Å². The van der Waals surface area contributed by atoms with E-state index in [9.17, 15) is 4.79 Å². The molecule has 0 atom stereocenters. The van der Waals surface area contributed by atoms with E-state index in [0.29, 0.717) is 23.8 Å². The quantitative estimate of drug-likeness (QED) is 0.299. The lowest BCUT2D eigenvalue weighted by molar-refractivity contribution is -0.136. The zero-order chi connectivity index (χ0) is 20.6. The van der Waals surface area contributed by atoms with Gasteiger partial charge in [-0.3, -0.25) is 0 Å². The Kier molecular flexibility index (Phi) is 7.39. The molecule has 0 aliphatic heterocycles. The Hall–Kier alpha value is -2.69. The molecule has 29 heavy (non-hydrogen) atoms. The Bertz CT molecular complexity index is 1000. The van der Waals surface area contributed by atoms with Gasteiger partial charge in [0.15, 0.2) is 0 Å². The number of esters is 1. The van der Waals surface area contributed by atoms with Gasteiger partial charge in [0.2, 0.25) is 0 Å². The number of hydrogen-bond donors (Lipinski definition) is 0. The van der Waals surface area contributed by atoms with Gasteiger partial charge in [-0.15, -0.1) is 0 Å². The third-order valence-electron chi connectivity index (χ3n) is 4.08. The highest BCUT2D eigenvalue weighted by molar-refractivity contribution is 7.99. The molecule has 0 bridgehead atoms. The van der Waals surface area contributed by atoms with Gasteiger partial charge in [0.1, 0.15) is 12.4 Å². The first kappa shape index (κ1) is 21.0. The van der Waals surface area contributed by atoms with E-state index in [0.717, 1.165) is 21.1 Å². The number of carbonyl (C=O) groups is 1. The average molecular weight is 425 g/mol. The number of rotatable bonds is 8. The highest BCUT2D eigenvalue weighted by Crippen LogP contribution is 2.34. The summed E-state index contributed by atoms with van der Waals surface area (Å²) in [6.07, 6.45) is 0. The van der Waals surface area contributed by atoms with E-state index in [1.54, 1.807) is 24.8 Å². The number of carbonyl (C=O) groups excluding carboxylic acids is 1. The van der Waals surface area contributed by atoms with Crippen LogP contribution in [0.2, 0.25) is 5.02 Å². The first-order chi connectivity index (χ1) is 14.1. The van der Waals surface area contributed by atoms with Crippen LogP contribution in [0, 0.1) is 0 Å². The fourth-order valence-electron chi connectivity index (χ4n) is 2.64.